The van der Waals surface area contributed by atoms with Gasteiger partial charge in [0.05, 0.1) is 6.61 Å². The highest BCUT2D eigenvalue weighted by molar-refractivity contribution is 7.89. The molecule has 0 radical (unpaired) electrons. The van der Waals surface area contributed by atoms with Crippen molar-refractivity contribution in [1.82, 2.24) is 9.29 Å². The Kier molecular flexibility index (Phi) is 3.19. The summed E-state index contributed by atoms with van der Waals surface area (Å²) in [6, 6.07) is 4.78. The van der Waals surface area contributed by atoms with Crippen molar-refractivity contribution in [3.63, 3.8) is 0 Å². The summed E-state index contributed by atoms with van der Waals surface area (Å²) in [5.74, 6) is 0. The van der Waals surface area contributed by atoms with E-state index in [9.17, 15) is 13.5 Å². The molecule has 4 N–H and O–H groups in total. The molecule has 0 bridgehead atoms. The molecule has 20 heavy (non-hydrogen) atoms. The van der Waals surface area contributed by atoms with Crippen LogP contribution in [0.3, 0.4) is 0 Å². The minimum absolute atomic E-state index is 0.144. The summed E-state index contributed by atoms with van der Waals surface area (Å²) in [6.45, 7) is 0.309. The van der Waals surface area contributed by atoms with E-state index in [2.05, 4.69) is 4.98 Å². The number of hydrogen-bond donors (Lipinski definition) is 3. The van der Waals surface area contributed by atoms with E-state index in [0.29, 0.717) is 29.6 Å². The van der Waals surface area contributed by atoms with Crippen LogP contribution in [0.25, 0.3) is 10.9 Å². The maximum absolute atomic E-state index is 12.7. The minimum atomic E-state index is -3.59. The van der Waals surface area contributed by atoms with Gasteiger partial charge in [-0.1, -0.05) is 0 Å². The molecule has 0 amide bonds. The quantitative estimate of drug-likeness (QED) is 0.732. The minimum Gasteiger partial charge on any atom is -0.399 e. The number of hydrogen-bond acceptors (Lipinski definition) is 4. The summed E-state index contributed by atoms with van der Waals surface area (Å²) < 4.78 is 26.8. The molecule has 0 saturated carbocycles. The highest BCUT2D eigenvalue weighted by atomic mass is 32.2. The number of fused-ring (bicyclic) bond motifs is 1. The lowest BCUT2D eigenvalue weighted by atomic mass is 10.2. The molecule has 6 nitrogen and oxygen atoms in total. The number of aliphatic hydroxyl groups excluding tert-OH is 1. The van der Waals surface area contributed by atoms with Crippen LogP contribution in [-0.2, 0) is 10.0 Å². The molecule has 0 aliphatic carbocycles. The smallest absolute Gasteiger partial charge is 0.245 e. The molecule has 1 aliphatic heterocycles. The second-order valence-corrected chi connectivity index (χ2v) is 6.91. The van der Waals surface area contributed by atoms with Gasteiger partial charge in [0, 0.05) is 35.4 Å². The summed E-state index contributed by atoms with van der Waals surface area (Å²) in [7, 11) is -3.59. The molecule has 1 fully saturated rings. The van der Waals surface area contributed by atoms with E-state index < -0.39 is 10.0 Å². The average molecular weight is 295 g/mol. The van der Waals surface area contributed by atoms with Gasteiger partial charge in [0.2, 0.25) is 10.0 Å². The van der Waals surface area contributed by atoms with Crippen molar-refractivity contribution in [2.75, 3.05) is 18.9 Å². The number of sulfonamides is 1. The molecule has 2 aromatic rings. The topological polar surface area (TPSA) is 99.4 Å². The summed E-state index contributed by atoms with van der Waals surface area (Å²) >= 11 is 0. The lowest BCUT2D eigenvalue weighted by Gasteiger charge is -2.21. The van der Waals surface area contributed by atoms with Gasteiger partial charge in [0.1, 0.15) is 4.90 Å². The van der Waals surface area contributed by atoms with Crippen molar-refractivity contribution in [1.29, 1.82) is 0 Å². The number of aliphatic hydroxyl groups is 1. The third kappa shape index (κ3) is 1.98. The molecular formula is C13H17N3O3S. The third-order valence-corrected chi connectivity index (χ3v) is 5.78. The molecule has 0 unspecified atom stereocenters. The predicted molar refractivity (Wildman–Crippen MR) is 76.7 cm³/mol. The van der Waals surface area contributed by atoms with E-state index in [1.54, 1.807) is 18.2 Å². The molecule has 1 aromatic heterocycles. The zero-order valence-corrected chi connectivity index (χ0v) is 11.7. The standard InChI is InChI=1S/C13H17N3O3S/c14-9-3-4-11-12(6-9)15-7-13(11)20(18,19)16-5-1-2-10(16)8-17/h3-4,6-7,10,15,17H,1-2,5,8,14H2/t10-/m0/s1. The number of anilines is 1. The summed E-state index contributed by atoms with van der Waals surface area (Å²) in [5, 5.41) is 9.94. The monoisotopic (exact) mass is 295 g/mol. The number of aromatic amines is 1. The lowest BCUT2D eigenvalue weighted by molar-refractivity contribution is 0.213. The first-order chi connectivity index (χ1) is 9.54. The Morgan fingerprint density at radius 1 is 1.45 bits per heavy atom. The van der Waals surface area contributed by atoms with Crippen LogP contribution in [-0.4, -0.2) is 42.0 Å². The SMILES string of the molecule is Nc1ccc2c(S(=O)(=O)N3CCC[C@H]3CO)c[nH]c2c1. The van der Waals surface area contributed by atoms with E-state index in [4.69, 9.17) is 5.73 Å². The molecule has 1 aromatic carbocycles. The molecule has 0 spiro atoms. The number of nitrogens with zero attached hydrogens (tertiary/aromatic N) is 1. The van der Waals surface area contributed by atoms with Crippen molar-refractivity contribution in [3.05, 3.63) is 24.4 Å². The number of H-pyrrole nitrogens is 1. The Morgan fingerprint density at radius 3 is 3.00 bits per heavy atom. The van der Waals surface area contributed by atoms with Gasteiger partial charge < -0.3 is 15.8 Å². The normalized spacial score (nSPS) is 20.8. The van der Waals surface area contributed by atoms with Gasteiger partial charge in [-0.15, -0.1) is 0 Å². The molecular weight excluding hydrogens is 278 g/mol. The fourth-order valence-electron chi connectivity index (χ4n) is 2.77. The highest BCUT2D eigenvalue weighted by Gasteiger charge is 2.36. The van der Waals surface area contributed by atoms with Gasteiger partial charge in [-0.25, -0.2) is 8.42 Å². The number of nitrogen functional groups attached to an aromatic ring is 1. The second-order valence-electron chi connectivity index (χ2n) is 5.05. The summed E-state index contributed by atoms with van der Waals surface area (Å²) in [6.07, 6.45) is 2.97. The summed E-state index contributed by atoms with van der Waals surface area (Å²) in [4.78, 5) is 3.19. The zero-order chi connectivity index (χ0) is 14.3. The fraction of sp³-hybridized carbons (Fsp3) is 0.385. The Labute approximate surface area is 117 Å². The fourth-order valence-corrected chi connectivity index (χ4v) is 4.62. The molecule has 1 saturated heterocycles. The van der Waals surface area contributed by atoms with Gasteiger partial charge in [0.25, 0.3) is 0 Å². The van der Waals surface area contributed by atoms with E-state index in [1.807, 2.05) is 0 Å². The zero-order valence-electron chi connectivity index (χ0n) is 10.9. The third-order valence-electron chi connectivity index (χ3n) is 3.79. The van der Waals surface area contributed by atoms with Crippen LogP contribution in [0.5, 0.6) is 0 Å². The van der Waals surface area contributed by atoms with Gasteiger partial charge in [-0.3, -0.25) is 0 Å². The average Bonchev–Trinajstić information content (AvgIpc) is 3.04. The molecule has 108 valence electrons. The van der Waals surface area contributed by atoms with Gasteiger partial charge in [0.15, 0.2) is 0 Å². The van der Waals surface area contributed by atoms with Crippen molar-refractivity contribution in [3.8, 4) is 0 Å². The van der Waals surface area contributed by atoms with E-state index >= 15 is 0 Å². The van der Waals surface area contributed by atoms with E-state index in [0.717, 1.165) is 6.42 Å². The van der Waals surface area contributed by atoms with Crippen LogP contribution in [0.4, 0.5) is 5.69 Å². The van der Waals surface area contributed by atoms with Crippen molar-refractivity contribution in [2.24, 2.45) is 0 Å². The Balaban J connectivity index is 2.10. The number of aromatic nitrogens is 1. The van der Waals surface area contributed by atoms with Gasteiger partial charge in [-0.2, -0.15) is 4.31 Å². The molecule has 1 aliphatic rings. The van der Waals surface area contributed by atoms with Crippen molar-refractivity contribution in [2.45, 2.75) is 23.8 Å². The van der Waals surface area contributed by atoms with Crippen LogP contribution in [0.1, 0.15) is 12.8 Å². The first-order valence-electron chi connectivity index (χ1n) is 6.53. The Hall–Kier alpha value is -1.57. The lowest BCUT2D eigenvalue weighted by Crippen LogP contribution is -2.37. The van der Waals surface area contributed by atoms with E-state index in [1.165, 1.54) is 10.5 Å². The molecule has 3 rings (SSSR count). The van der Waals surface area contributed by atoms with Crippen LogP contribution in [0.15, 0.2) is 29.3 Å². The first-order valence-corrected chi connectivity index (χ1v) is 7.97. The number of nitrogens with two attached hydrogens (primary N) is 1. The first kappa shape index (κ1) is 13.4. The van der Waals surface area contributed by atoms with Gasteiger partial charge in [-0.05, 0) is 31.0 Å². The van der Waals surface area contributed by atoms with Gasteiger partial charge >= 0.3 is 0 Å². The van der Waals surface area contributed by atoms with Crippen LogP contribution in [0, 0.1) is 0 Å². The van der Waals surface area contributed by atoms with Crippen LogP contribution < -0.4 is 5.73 Å². The van der Waals surface area contributed by atoms with Crippen LogP contribution >= 0.6 is 0 Å². The Bertz CT molecular complexity index is 738. The number of benzene rings is 1. The molecule has 7 heteroatoms. The molecule has 1 atom stereocenters. The van der Waals surface area contributed by atoms with E-state index in [-0.39, 0.29) is 17.5 Å². The number of rotatable bonds is 3. The maximum Gasteiger partial charge on any atom is 0.245 e. The predicted octanol–water partition coefficient (Wildman–Crippen LogP) is 0.895. The van der Waals surface area contributed by atoms with Crippen molar-refractivity contribution >= 4 is 26.6 Å². The van der Waals surface area contributed by atoms with Crippen LogP contribution in [0.2, 0.25) is 0 Å². The van der Waals surface area contributed by atoms with Crippen molar-refractivity contribution < 1.29 is 13.5 Å². The molecule has 2 heterocycles. The summed E-state index contributed by atoms with van der Waals surface area (Å²) in [5.41, 5.74) is 6.97. The maximum atomic E-state index is 12.7. The second kappa shape index (κ2) is 4.76. The largest absolute Gasteiger partial charge is 0.399 e. The number of nitrogens with one attached hydrogen (secondary N) is 1. The highest BCUT2D eigenvalue weighted by Crippen LogP contribution is 2.31. The Morgan fingerprint density at radius 2 is 2.25 bits per heavy atom.